The number of nitrogens with zero attached hydrogens (tertiary/aromatic N) is 1. The number of carbonyl (C=O) groups excluding carboxylic acids is 1. The van der Waals surface area contributed by atoms with Crippen LogP contribution in [-0.2, 0) is 18.8 Å². The molecule has 1 aliphatic rings. The van der Waals surface area contributed by atoms with Crippen LogP contribution in [0.1, 0.15) is 46.3 Å². The van der Waals surface area contributed by atoms with Gasteiger partial charge in [0.05, 0.1) is 0 Å². The van der Waals surface area contributed by atoms with Crippen molar-refractivity contribution in [2.45, 2.75) is 43.0 Å². The number of carbonyl (C=O) groups is 1. The zero-order valence-corrected chi connectivity index (χ0v) is 16.4. The van der Waals surface area contributed by atoms with Gasteiger partial charge in [0.2, 0.25) is 0 Å². The minimum absolute atomic E-state index is 0.714. The van der Waals surface area contributed by atoms with Gasteiger partial charge in [-0.2, -0.15) is 0 Å². The summed E-state index contributed by atoms with van der Waals surface area (Å²) in [5.74, 6) is 0.920. The molecule has 1 saturated heterocycles. The maximum Gasteiger partial charge on any atom is 0.150 e. The lowest BCUT2D eigenvalue weighted by atomic mass is 10.1. The average molecular weight is 369 g/mol. The Bertz CT molecular complexity index is 709. The summed E-state index contributed by atoms with van der Waals surface area (Å²) in [5, 5.41) is 3.17. The zero-order valence-electron chi connectivity index (χ0n) is 15.5. The van der Waals surface area contributed by atoms with Gasteiger partial charge in [-0.1, -0.05) is 42.8 Å². The summed E-state index contributed by atoms with van der Waals surface area (Å²) in [6.45, 7) is 4.25. The Hall–Kier alpha value is -1.62. The number of benzene rings is 2. The van der Waals surface area contributed by atoms with Crippen LogP contribution in [0.4, 0.5) is 0 Å². The third kappa shape index (κ3) is 5.19. The Labute approximate surface area is 161 Å². The van der Waals surface area contributed by atoms with Crippen LogP contribution in [-0.4, -0.2) is 31.3 Å². The van der Waals surface area contributed by atoms with Crippen molar-refractivity contribution in [1.29, 1.82) is 0 Å². The van der Waals surface area contributed by atoms with E-state index in [4.69, 9.17) is 0 Å². The van der Waals surface area contributed by atoms with Crippen LogP contribution in [0.15, 0.2) is 47.4 Å². The normalized spacial score (nSPS) is 15.1. The molecule has 2 aromatic carbocycles. The molecule has 3 nitrogen and oxygen atoms in total. The lowest BCUT2D eigenvalue weighted by molar-refractivity contribution is 0.112. The summed E-state index contributed by atoms with van der Waals surface area (Å²) in [7, 11) is 1.91. The van der Waals surface area contributed by atoms with Gasteiger partial charge in [-0.15, -0.1) is 11.8 Å². The highest BCUT2D eigenvalue weighted by Gasteiger charge is 2.11. The van der Waals surface area contributed by atoms with Gasteiger partial charge in [-0.3, -0.25) is 9.69 Å². The molecule has 0 aliphatic carbocycles. The minimum Gasteiger partial charge on any atom is -0.316 e. The molecule has 1 aliphatic heterocycles. The average Bonchev–Trinajstić information content (AvgIpc) is 2.69. The van der Waals surface area contributed by atoms with Crippen LogP contribution in [0.3, 0.4) is 0 Å². The second-order valence-electron chi connectivity index (χ2n) is 6.91. The van der Waals surface area contributed by atoms with E-state index in [2.05, 4.69) is 40.5 Å². The number of likely N-dealkylation sites (tertiary alicyclic amines) is 1. The van der Waals surface area contributed by atoms with E-state index < -0.39 is 0 Å². The van der Waals surface area contributed by atoms with Crippen molar-refractivity contribution in [2.75, 3.05) is 20.1 Å². The first-order valence-corrected chi connectivity index (χ1v) is 10.4. The molecule has 0 amide bonds. The van der Waals surface area contributed by atoms with Crippen molar-refractivity contribution in [2.24, 2.45) is 0 Å². The van der Waals surface area contributed by atoms with E-state index in [9.17, 15) is 4.79 Å². The molecule has 0 spiro atoms. The fourth-order valence-corrected chi connectivity index (χ4v) is 4.53. The van der Waals surface area contributed by atoms with Crippen molar-refractivity contribution >= 4 is 18.0 Å². The smallest absolute Gasteiger partial charge is 0.150 e. The monoisotopic (exact) mass is 368 g/mol. The van der Waals surface area contributed by atoms with E-state index in [1.807, 2.05) is 19.2 Å². The third-order valence-electron chi connectivity index (χ3n) is 4.92. The van der Waals surface area contributed by atoms with Crippen LogP contribution in [0.25, 0.3) is 0 Å². The quantitative estimate of drug-likeness (QED) is 0.549. The van der Waals surface area contributed by atoms with E-state index in [1.165, 1.54) is 48.4 Å². The van der Waals surface area contributed by atoms with Crippen LogP contribution in [0.5, 0.6) is 0 Å². The first-order valence-electron chi connectivity index (χ1n) is 9.45. The number of rotatable bonds is 8. The van der Waals surface area contributed by atoms with E-state index >= 15 is 0 Å². The third-order valence-corrected chi connectivity index (χ3v) is 6.09. The van der Waals surface area contributed by atoms with Gasteiger partial charge in [0.15, 0.2) is 0 Å². The van der Waals surface area contributed by atoms with Crippen LogP contribution < -0.4 is 5.32 Å². The van der Waals surface area contributed by atoms with Gasteiger partial charge in [-0.05, 0) is 55.7 Å². The Morgan fingerprint density at radius 1 is 1.04 bits per heavy atom. The molecule has 1 heterocycles. The van der Waals surface area contributed by atoms with E-state index in [0.717, 1.165) is 29.7 Å². The fourth-order valence-electron chi connectivity index (χ4n) is 3.47. The molecule has 0 radical (unpaired) electrons. The second-order valence-corrected chi connectivity index (χ2v) is 7.93. The Balaban J connectivity index is 1.60. The fraction of sp³-hybridized carbons (Fsp3) is 0.409. The molecule has 0 saturated carbocycles. The van der Waals surface area contributed by atoms with Crippen LogP contribution >= 0.6 is 11.8 Å². The minimum atomic E-state index is 0.714. The summed E-state index contributed by atoms with van der Waals surface area (Å²) in [5.41, 5.74) is 4.60. The second kappa shape index (κ2) is 9.91. The van der Waals surface area contributed by atoms with Crippen LogP contribution in [0, 0.1) is 0 Å². The lowest BCUT2D eigenvalue weighted by Crippen LogP contribution is -2.29. The number of hydrogen-bond donors (Lipinski definition) is 1. The molecule has 0 bridgehead atoms. The van der Waals surface area contributed by atoms with Gasteiger partial charge in [-0.25, -0.2) is 0 Å². The maximum absolute atomic E-state index is 11.3. The van der Waals surface area contributed by atoms with E-state index in [0.29, 0.717) is 6.54 Å². The van der Waals surface area contributed by atoms with Crippen molar-refractivity contribution in [3.63, 3.8) is 0 Å². The molecule has 0 atom stereocenters. The summed E-state index contributed by atoms with van der Waals surface area (Å²) >= 11 is 1.80. The first kappa shape index (κ1) is 19.2. The standard InChI is InChI=1S/C22H28N2OS/c1-23-14-21-20(16-25)6-5-7-22(21)26-17-19-10-8-18(9-11-19)15-24-12-3-2-4-13-24/h5-11,16,23H,2-4,12-15,17H2,1H3. The predicted octanol–water partition coefficient (Wildman–Crippen LogP) is 4.50. The summed E-state index contributed by atoms with van der Waals surface area (Å²) in [4.78, 5) is 15.0. The van der Waals surface area contributed by atoms with E-state index in [-0.39, 0.29) is 0 Å². The molecule has 1 fully saturated rings. The first-order chi connectivity index (χ1) is 12.8. The van der Waals surface area contributed by atoms with Gasteiger partial charge < -0.3 is 5.32 Å². The van der Waals surface area contributed by atoms with Crippen molar-refractivity contribution < 1.29 is 4.79 Å². The molecule has 4 heteroatoms. The molecule has 0 aromatic heterocycles. The van der Waals surface area contributed by atoms with Crippen LogP contribution in [0.2, 0.25) is 0 Å². The molecule has 2 aromatic rings. The van der Waals surface area contributed by atoms with E-state index in [1.54, 1.807) is 11.8 Å². The Morgan fingerprint density at radius 3 is 2.46 bits per heavy atom. The van der Waals surface area contributed by atoms with Gasteiger partial charge in [0.25, 0.3) is 0 Å². The van der Waals surface area contributed by atoms with Gasteiger partial charge in [0.1, 0.15) is 6.29 Å². The maximum atomic E-state index is 11.3. The Morgan fingerprint density at radius 2 is 1.77 bits per heavy atom. The van der Waals surface area contributed by atoms with Gasteiger partial charge in [0, 0.05) is 29.3 Å². The zero-order chi connectivity index (χ0) is 18.2. The highest BCUT2D eigenvalue weighted by atomic mass is 32.2. The molecular formula is C22H28N2OS. The lowest BCUT2D eigenvalue weighted by Gasteiger charge is -2.26. The number of nitrogens with one attached hydrogen (secondary N) is 1. The SMILES string of the molecule is CNCc1c(C=O)cccc1SCc1ccc(CN2CCCCC2)cc1. The summed E-state index contributed by atoms with van der Waals surface area (Å²) in [6, 6.07) is 15.0. The predicted molar refractivity (Wildman–Crippen MR) is 110 cm³/mol. The number of thioether (sulfide) groups is 1. The highest BCUT2D eigenvalue weighted by Crippen LogP contribution is 2.28. The number of hydrogen-bond acceptors (Lipinski definition) is 4. The van der Waals surface area contributed by atoms with Crippen molar-refractivity contribution in [3.8, 4) is 0 Å². The number of piperidine rings is 1. The molecule has 3 rings (SSSR count). The molecule has 26 heavy (non-hydrogen) atoms. The highest BCUT2D eigenvalue weighted by molar-refractivity contribution is 7.98. The summed E-state index contributed by atoms with van der Waals surface area (Å²) < 4.78 is 0. The molecular weight excluding hydrogens is 340 g/mol. The molecule has 0 unspecified atom stereocenters. The summed E-state index contributed by atoms with van der Waals surface area (Å²) in [6.07, 6.45) is 5.01. The largest absolute Gasteiger partial charge is 0.316 e. The topological polar surface area (TPSA) is 32.3 Å². The van der Waals surface area contributed by atoms with Crippen molar-refractivity contribution in [3.05, 3.63) is 64.7 Å². The Kier molecular flexibility index (Phi) is 7.30. The molecule has 138 valence electrons. The van der Waals surface area contributed by atoms with Gasteiger partial charge >= 0.3 is 0 Å². The van der Waals surface area contributed by atoms with Crippen molar-refractivity contribution in [1.82, 2.24) is 10.2 Å². The molecule has 1 N–H and O–H groups in total. The number of aldehydes is 1.